The number of pyridine rings is 1. The van der Waals surface area contributed by atoms with Gasteiger partial charge < -0.3 is 20.0 Å². The van der Waals surface area contributed by atoms with Crippen LogP contribution in [0, 0.1) is 5.92 Å². The average Bonchev–Trinajstić information content (AvgIpc) is 3.36. The van der Waals surface area contributed by atoms with Crippen LogP contribution in [0.1, 0.15) is 29.8 Å². The number of fused-ring (bicyclic) bond motifs is 4. The Morgan fingerprint density at radius 1 is 1.18 bits per heavy atom. The van der Waals surface area contributed by atoms with Gasteiger partial charge in [0.25, 0.3) is 5.91 Å². The Balaban J connectivity index is 1.32. The maximum absolute atomic E-state index is 12.9. The summed E-state index contributed by atoms with van der Waals surface area (Å²) in [6.45, 7) is 5.28. The van der Waals surface area contributed by atoms with Crippen molar-refractivity contribution < 1.29 is 4.79 Å². The molecule has 4 aliphatic heterocycles. The molecule has 1 amide bonds. The Hall–Kier alpha value is -2.19. The van der Waals surface area contributed by atoms with Crippen LogP contribution in [0.15, 0.2) is 12.1 Å². The van der Waals surface area contributed by atoms with E-state index in [1.54, 1.807) is 0 Å². The summed E-state index contributed by atoms with van der Waals surface area (Å²) in [6, 6.07) is 4.80. The van der Waals surface area contributed by atoms with E-state index in [1.807, 2.05) is 12.1 Å². The second-order valence-corrected chi connectivity index (χ2v) is 8.71. The van der Waals surface area contributed by atoms with Gasteiger partial charge in [0.15, 0.2) is 5.65 Å². The minimum Gasteiger partial charge on any atom is -0.355 e. The van der Waals surface area contributed by atoms with Crippen molar-refractivity contribution in [1.82, 2.24) is 30.3 Å². The summed E-state index contributed by atoms with van der Waals surface area (Å²) in [7, 11) is 4.25. The van der Waals surface area contributed by atoms with Crippen LogP contribution in [0.4, 0.5) is 5.82 Å². The summed E-state index contributed by atoms with van der Waals surface area (Å²) in [5.41, 5.74) is 1.14. The molecule has 150 valence electrons. The lowest BCUT2D eigenvalue weighted by molar-refractivity contribution is 0.0618. The smallest absolute Gasteiger partial charge is 0.270 e. The lowest BCUT2D eigenvalue weighted by atomic mass is 9.84. The third kappa shape index (κ3) is 3.14. The Bertz CT molecular complexity index is 871. The number of anilines is 1. The molecule has 8 nitrogen and oxygen atoms in total. The van der Waals surface area contributed by atoms with Gasteiger partial charge in [0.2, 0.25) is 0 Å². The highest BCUT2D eigenvalue weighted by molar-refractivity contribution is 6.04. The molecule has 28 heavy (non-hydrogen) atoms. The normalized spacial score (nSPS) is 29.8. The van der Waals surface area contributed by atoms with E-state index >= 15 is 0 Å². The van der Waals surface area contributed by atoms with Crippen molar-refractivity contribution in [3.63, 3.8) is 0 Å². The molecule has 0 saturated carbocycles. The number of nitrogens with zero attached hydrogens (tertiary/aromatic N) is 5. The lowest BCUT2D eigenvalue weighted by Crippen LogP contribution is -2.57. The SMILES string of the molecule is CN(C)[C@@H]1CCN(c2ccc3c(C(=O)NC4CN5CCC4CC5)[nH]nc3n2)C1. The predicted octanol–water partition coefficient (Wildman–Crippen LogP) is 0.922. The second kappa shape index (κ2) is 7.00. The fraction of sp³-hybridized carbons (Fsp3) is 0.650. The fourth-order valence-corrected chi connectivity index (χ4v) is 4.98. The van der Waals surface area contributed by atoms with Gasteiger partial charge in [-0.1, -0.05) is 0 Å². The fourth-order valence-electron chi connectivity index (χ4n) is 4.98. The number of carbonyl (C=O) groups excluding carboxylic acids is 1. The van der Waals surface area contributed by atoms with Gasteiger partial charge in [0, 0.05) is 31.7 Å². The Morgan fingerprint density at radius 3 is 2.68 bits per heavy atom. The summed E-state index contributed by atoms with van der Waals surface area (Å²) in [4.78, 5) is 24.6. The zero-order chi connectivity index (χ0) is 19.3. The third-order valence-electron chi connectivity index (χ3n) is 6.82. The number of aromatic amines is 1. The van der Waals surface area contributed by atoms with E-state index in [4.69, 9.17) is 4.98 Å². The van der Waals surface area contributed by atoms with Crippen LogP contribution >= 0.6 is 0 Å². The predicted molar refractivity (Wildman–Crippen MR) is 109 cm³/mol. The van der Waals surface area contributed by atoms with Gasteiger partial charge in [0.05, 0.1) is 5.39 Å². The van der Waals surface area contributed by atoms with E-state index in [1.165, 1.54) is 25.9 Å². The van der Waals surface area contributed by atoms with Crippen LogP contribution in [-0.4, -0.2) is 89.8 Å². The molecular weight excluding hydrogens is 354 g/mol. The molecule has 4 saturated heterocycles. The van der Waals surface area contributed by atoms with Crippen LogP contribution in [0.5, 0.6) is 0 Å². The molecule has 0 spiro atoms. The highest BCUT2D eigenvalue weighted by Gasteiger charge is 2.35. The lowest BCUT2D eigenvalue weighted by Gasteiger charge is -2.44. The van der Waals surface area contributed by atoms with Gasteiger partial charge in [-0.25, -0.2) is 4.98 Å². The number of hydrogen-bond donors (Lipinski definition) is 2. The molecular formula is C20H29N7O. The molecule has 2 bridgehead atoms. The van der Waals surface area contributed by atoms with Crippen LogP contribution in [0.3, 0.4) is 0 Å². The molecule has 0 aliphatic carbocycles. The summed E-state index contributed by atoms with van der Waals surface area (Å²) in [6.07, 6.45) is 3.51. The van der Waals surface area contributed by atoms with E-state index < -0.39 is 0 Å². The number of likely N-dealkylation sites (N-methyl/N-ethyl adjacent to an activating group) is 1. The zero-order valence-corrected chi connectivity index (χ0v) is 16.7. The van der Waals surface area contributed by atoms with Crippen LogP contribution in [0.2, 0.25) is 0 Å². The van der Waals surface area contributed by atoms with Gasteiger partial charge in [-0.15, -0.1) is 0 Å². The van der Waals surface area contributed by atoms with Crippen molar-refractivity contribution in [3.05, 3.63) is 17.8 Å². The van der Waals surface area contributed by atoms with Gasteiger partial charge in [-0.05, 0) is 64.5 Å². The quantitative estimate of drug-likeness (QED) is 0.817. The molecule has 2 N–H and O–H groups in total. The first-order valence-electron chi connectivity index (χ1n) is 10.4. The van der Waals surface area contributed by atoms with Crippen molar-refractivity contribution in [1.29, 1.82) is 0 Å². The summed E-state index contributed by atoms with van der Waals surface area (Å²) < 4.78 is 0. The van der Waals surface area contributed by atoms with Crippen molar-refractivity contribution in [2.24, 2.45) is 5.92 Å². The minimum absolute atomic E-state index is 0.0651. The molecule has 4 fully saturated rings. The number of rotatable bonds is 4. The average molecular weight is 384 g/mol. The van der Waals surface area contributed by atoms with E-state index in [0.29, 0.717) is 23.3 Å². The van der Waals surface area contributed by atoms with E-state index in [9.17, 15) is 4.79 Å². The maximum Gasteiger partial charge on any atom is 0.270 e. The number of nitrogens with one attached hydrogen (secondary N) is 2. The Morgan fingerprint density at radius 2 is 2.00 bits per heavy atom. The second-order valence-electron chi connectivity index (χ2n) is 8.71. The highest BCUT2D eigenvalue weighted by Crippen LogP contribution is 2.28. The first-order chi connectivity index (χ1) is 13.6. The summed E-state index contributed by atoms with van der Waals surface area (Å²) >= 11 is 0. The first-order valence-corrected chi connectivity index (χ1v) is 10.4. The standard InChI is InChI=1S/C20H29N7O/c1-25(2)14-7-10-27(11-14)17-4-3-15-18(23-24-19(15)22-17)20(28)21-16-12-26-8-5-13(16)6-9-26/h3-4,13-14,16H,5-12H2,1-2H3,(H,21,28)(H,22,23,24)/t14-,16?/m1/s1. The van der Waals surface area contributed by atoms with Crippen molar-refractivity contribution >= 4 is 22.8 Å². The molecule has 0 aromatic carbocycles. The Kier molecular flexibility index (Phi) is 4.47. The van der Waals surface area contributed by atoms with Crippen molar-refractivity contribution in [2.75, 3.05) is 51.7 Å². The van der Waals surface area contributed by atoms with Crippen molar-refractivity contribution in [2.45, 2.75) is 31.3 Å². The summed E-state index contributed by atoms with van der Waals surface area (Å²) in [5, 5.41) is 11.3. The summed E-state index contributed by atoms with van der Waals surface area (Å²) in [5.74, 6) is 1.48. The molecule has 6 heterocycles. The number of piperidine rings is 3. The van der Waals surface area contributed by atoms with Gasteiger partial charge in [0.1, 0.15) is 11.5 Å². The van der Waals surface area contributed by atoms with E-state index in [0.717, 1.165) is 37.3 Å². The molecule has 0 radical (unpaired) electrons. The number of amides is 1. The van der Waals surface area contributed by atoms with Gasteiger partial charge >= 0.3 is 0 Å². The van der Waals surface area contributed by atoms with Gasteiger partial charge in [-0.2, -0.15) is 5.10 Å². The Labute approximate surface area is 165 Å². The van der Waals surface area contributed by atoms with Crippen LogP contribution < -0.4 is 10.2 Å². The monoisotopic (exact) mass is 383 g/mol. The molecule has 1 unspecified atom stereocenters. The van der Waals surface area contributed by atoms with E-state index in [-0.39, 0.29) is 11.9 Å². The first kappa shape index (κ1) is 17.9. The number of aromatic nitrogens is 3. The number of H-pyrrole nitrogens is 1. The van der Waals surface area contributed by atoms with Crippen LogP contribution in [-0.2, 0) is 0 Å². The number of carbonyl (C=O) groups is 1. The molecule has 8 heteroatoms. The molecule has 2 aromatic rings. The largest absolute Gasteiger partial charge is 0.355 e. The van der Waals surface area contributed by atoms with E-state index in [2.05, 4.69) is 44.3 Å². The molecule has 6 rings (SSSR count). The van der Waals surface area contributed by atoms with Crippen molar-refractivity contribution in [3.8, 4) is 0 Å². The van der Waals surface area contributed by atoms with Crippen LogP contribution in [0.25, 0.3) is 11.0 Å². The third-order valence-corrected chi connectivity index (χ3v) is 6.82. The minimum atomic E-state index is -0.0651. The molecule has 4 aliphatic rings. The topological polar surface area (TPSA) is 80.4 Å². The number of hydrogen-bond acceptors (Lipinski definition) is 6. The molecule has 2 aromatic heterocycles. The molecule has 2 atom stereocenters. The zero-order valence-electron chi connectivity index (χ0n) is 16.7. The van der Waals surface area contributed by atoms with Gasteiger partial charge in [-0.3, -0.25) is 9.89 Å². The maximum atomic E-state index is 12.9. The highest BCUT2D eigenvalue weighted by atomic mass is 16.2.